The van der Waals surface area contributed by atoms with Crippen LogP contribution in [0, 0.1) is 13.8 Å². The molecule has 1 atom stereocenters. The van der Waals surface area contributed by atoms with Crippen LogP contribution in [-0.2, 0) is 6.42 Å². The number of methoxy groups -OCH3 is 1. The molecular weight excluding hydrogens is 198 g/mol. The summed E-state index contributed by atoms with van der Waals surface area (Å²) in [4.78, 5) is 0. The highest BCUT2D eigenvalue weighted by atomic mass is 16.5. The fourth-order valence-electron chi connectivity index (χ4n) is 1.85. The van der Waals surface area contributed by atoms with Crippen LogP contribution in [0.25, 0.3) is 0 Å². The lowest BCUT2D eigenvalue weighted by molar-refractivity contribution is 0.408. The minimum atomic E-state index is 0.289. The van der Waals surface area contributed by atoms with E-state index in [0.717, 1.165) is 25.0 Å². The van der Waals surface area contributed by atoms with Gasteiger partial charge in [-0.3, -0.25) is 0 Å². The van der Waals surface area contributed by atoms with Crippen molar-refractivity contribution in [3.63, 3.8) is 0 Å². The average molecular weight is 221 g/mol. The van der Waals surface area contributed by atoms with E-state index < -0.39 is 0 Å². The second-order valence-electron chi connectivity index (χ2n) is 4.62. The van der Waals surface area contributed by atoms with Gasteiger partial charge in [0, 0.05) is 6.04 Å². The predicted molar refractivity (Wildman–Crippen MR) is 69.1 cm³/mol. The summed E-state index contributed by atoms with van der Waals surface area (Å²) in [6.07, 6.45) is 3.23. The van der Waals surface area contributed by atoms with Gasteiger partial charge in [-0.05, 0) is 62.8 Å². The molecule has 0 saturated carbocycles. The van der Waals surface area contributed by atoms with Crippen molar-refractivity contribution in [3.8, 4) is 5.75 Å². The van der Waals surface area contributed by atoms with Gasteiger partial charge in [0.2, 0.25) is 0 Å². The lowest BCUT2D eigenvalue weighted by atomic mass is 10.00. The second kappa shape index (κ2) is 5.90. The third-order valence-corrected chi connectivity index (χ3v) is 3.00. The Kier molecular flexibility index (Phi) is 4.81. The van der Waals surface area contributed by atoms with Gasteiger partial charge in [0.25, 0.3) is 0 Å². The number of ether oxygens (including phenoxy) is 1. The highest BCUT2D eigenvalue weighted by Crippen LogP contribution is 2.24. The zero-order valence-corrected chi connectivity index (χ0v) is 10.8. The molecule has 0 saturated heterocycles. The first-order valence-corrected chi connectivity index (χ1v) is 5.94. The fraction of sp³-hybridized carbons (Fsp3) is 0.571. The first-order chi connectivity index (χ1) is 7.54. The van der Waals surface area contributed by atoms with Crippen LogP contribution in [0.1, 0.15) is 36.5 Å². The van der Waals surface area contributed by atoms with Gasteiger partial charge >= 0.3 is 0 Å². The number of hydrogen-bond donors (Lipinski definition) is 1. The van der Waals surface area contributed by atoms with Crippen molar-refractivity contribution < 1.29 is 4.74 Å². The van der Waals surface area contributed by atoms with E-state index in [-0.39, 0.29) is 6.04 Å². The molecule has 0 aromatic heterocycles. The zero-order valence-electron chi connectivity index (χ0n) is 10.8. The van der Waals surface area contributed by atoms with Crippen LogP contribution >= 0.6 is 0 Å². The molecule has 0 radical (unpaired) electrons. The second-order valence-corrected chi connectivity index (χ2v) is 4.62. The van der Waals surface area contributed by atoms with E-state index in [0.29, 0.717) is 0 Å². The minimum absolute atomic E-state index is 0.289. The van der Waals surface area contributed by atoms with Crippen molar-refractivity contribution in [2.24, 2.45) is 5.73 Å². The van der Waals surface area contributed by atoms with Crippen LogP contribution in [0.2, 0.25) is 0 Å². The predicted octanol–water partition coefficient (Wildman–Crippen LogP) is 2.98. The molecule has 1 unspecified atom stereocenters. The molecule has 1 aromatic rings. The van der Waals surface area contributed by atoms with Crippen LogP contribution in [0.15, 0.2) is 12.1 Å². The normalized spacial score (nSPS) is 12.6. The third-order valence-electron chi connectivity index (χ3n) is 3.00. The topological polar surface area (TPSA) is 35.2 Å². The van der Waals surface area contributed by atoms with E-state index in [1.807, 2.05) is 0 Å². The summed E-state index contributed by atoms with van der Waals surface area (Å²) in [5.74, 6) is 1.01. The van der Waals surface area contributed by atoms with Crippen molar-refractivity contribution in [1.29, 1.82) is 0 Å². The van der Waals surface area contributed by atoms with Crippen LogP contribution in [0.3, 0.4) is 0 Å². The Balaban J connectivity index is 2.74. The molecule has 0 heterocycles. The molecule has 16 heavy (non-hydrogen) atoms. The van der Waals surface area contributed by atoms with Gasteiger partial charge in [0.1, 0.15) is 5.75 Å². The Bertz CT molecular complexity index is 345. The summed E-state index contributed by atoms with van der Waals surface area (Å²) in [5.41, 5.74) is 9.66. The van der Waals surface area contributed by atoms with Crippen LogP contribution in [0.4, 0.5) is 0 Å². The van der Waals surface area contributed by atoms with Crippen molar-refractivity contribution in [3.05, 3.63) is 28.8 Å². The summed E-state index contributed by atoms with van der Waals surface area (Å²) in [6, 6.07) is 4.64. The van der Waals surface area contributed by atoms with Crippen molar-refractivity contribution in [2.45, 2.75) is 46.1 Å². The summed E-state index contributed by atoms with van der Waals surface area (Å²) >= 11 is 0. The molecule has 1 rings (SSSR count). The molecule has 0 aliphatic heterocycles. The maximum absolute atomic E-state index is 5.75. The lowest BCUT2D eigenvalue weighted by Crippen LogP contribution is -2.14. The maximum atomic E-state index is 5.75. The van der Waals surface area contributed by atoms with Gasteiger partial charge in [-0.1, -0.05) is 6.07 Å². The minimum Gasteiger partial charge on any atom is -0.496 e. The maximum Gasteiger partial charge on any atom is 0.122 e. The van der Waals surface area contributed by atoms with Crippen LogP contribution < -0.4 is 10.5 Å². The Hall–Kier alpha value is -1.02. The Morgan fingerprint density at radius 1 is 1.25 bits per heavy atom. The first-order valence-electron chi connectivity index (χ1n) is 5.94. The van der Waals surface area contributed by atoms with Gasteiger partial charge in [-0.25, -0.2) is 0 Å². The van der Waals surface area contributed by atoms with E-state index in [1.54, 1.807) is 7.11 Å². The SMILES string of the molecule is COc1cc(C)c(C)cc1CCCC(C)N. The monoisotopic (exact) mass is 221 g/mol. The van der Waals surface area contributed by atoms with E-state index in [4.69, 9.17) is 10.5 Å². The molecule has 2 nitrogen and oxygen atoms in total. The zero-order chi connectivity index (χ0) is 12.1. The molecule has 0 aliphatic carbocycles. The number of aryl methyl sites for hydroxylation is 3. The molecule has 2 N–H and O–H groups in total. The molecular formula is C14H23NO. The first kappa shape index (κ1) is 13.0. The summed E-state index contributed by atoms with van der Waals surface area (Å²) in [5, 5.41) is 0. The smallest absolute Gasteiger partial charge is 0.122 e. The van der Waals surface area contributed by atoms with Gasteiger partial charge in [0.05, 0.1) is 7.11 Å². The van der Waals surface area contributed by atoms with Crippen molar-refractivity contribution >= 4 is 0 Å². The van der Waals surface area contributed by atoms with Gasteiger partial charge in [0.15, 0.2) is 0 Å². The lowest BCUT2D eigenvalue weighted by Gasteiger charge is -2.12. The fourth-order valence-corrected chi connectivity index (χ4v) is 1.85. The molecule has 0 spiro atoms. The largest absolute Gasteiger partial charge is 0.496 e. The number of hydrogen-bond acceptors (Lipinski definition) is 2. The van der Waals surface area contributed by atoms with Crippen LogP contribution in [0.5, 0.6) is 5.75 Å². The summed E-state index contributed by atoms with van der Waals surface area (Å²) in [6.45, 7) is 6.31. The molecule has 2 heteroatoms. The summed E-state index contributed by atoms with van der Waals surface area (Å²) in [7, 11) is 1.74. The van der Waals surface area contributed by atoms with E-state index in [1.165, 1.54) is 16.7 Å². The third kappa shape index (κ3) is 3.53. The number of rotatable bonds is 5. The van der Waals surface area contributed by atoms with Crippen LogP contribution in [-0.4, -0.2) is 13.2 Å². The Morgan fingerprint density at radius 3 is 2.44 bits per heavy atom. The van der Waals surface area contributed by atoms with Gasteiger partial charge < -0.3 is 10.5 Å². The Labute approximate surface area is 98.8 Å². The van der Waals surface area contributed by atoms with Gasteiger partial charge in [-0.15, -0.1) is 0 Å². The van der Waals surface area contributed by atoms with E-state index >= 15 is 0 Å². The molecule has 0 aliphatic rings. The molecule has 0 amide bonds. The summed E-state index contributed by atoms with van der Waals surface area (Å²) < 4.78 is 5.41. The molecule has 90 valence electrons. The Morgan fingerprint density at radius 2 is 1.88 bits per heavy atom. The average Bonchev–Trinajstić information content (AvgIpc) is 2.22. The highest BCUT2D eigenvalue weighted by molar-refractivity contribution is 5.41. The molecule has 0 fully saturated rings. The van der Waals surface area contributed by atoms with Gasteiger partial charge in [-0.2, -0.15) is 0 Å². The molecule has 1 aromatic carbocycles. The quantitative estimate of drug-likeness (QED) is 0.829. The van der Waals surface area contributed by atoms with Crippen molar-refractivity contribution in [1.82, 2.24) is 0 Å². The van der Waals surface area contributed by atoms with E-state index in [9.17, 15) is 0 Å². The number of benzene rings is 1. The molecule has 0 bridgehead atoms. The number of nitrogens with two attached hydrogens (primary N) is 1. The standard InChI is InChI=1S/C14H23NO/c1-10-8-13(7-5-6-12(3)15)14(16-4)9-11(10)2/h8-9,12H,5-7,15H2,1-4H3. The van der Waals surface area contributed by atoms with Crippen molar-refractivity contribution in [2.75, 3.05) is 7.11 Å². The highest BCUT2D eigenvalue weighted by Gasteiger charge is 2.06. The van der Waals surface area contributed by atoms with E-state index in [2.05, 4.69) is 32.9 Å².